The largest absolute Gasteiger partial charge is 0.461 e. The van der Waals surface area contributed by atoms with Crippen LogP contribution in [0.2, 0.25) is 0 Å². The number of amides is 1. The van der Waals surface area contributed by atoms with Crippen molar-refractivity contribution in [2.45, 2.75) is 69.3 Å². The molecule has 3 fully saturated rings. The Morgan fingerprint density at radius 1 is 1.08 bits per heavy atom. The monoisotopic (exact) mass is 521 g/mol. The summed E-state index contributed by atoms with van der Waals surface area (Å²) in [6, 6.07) is 11.7. The van der Waals surface area contributed by atoms with Crippen LogP contribution in [-0.2, 0) is 19.7 Å². The van der Waals surface area contributed by atoms with Crippen LogP contribution in [0.3, 0.4) is 0 Å². The van der Waals surface area contributed by atoms with Gasteiger partial charge >= 0.3 is 5.97 Å². The molecule has 2 aromatic heterocycles. The fourth-order valence-electron chi connectivity index (χ4n) is 6.63. The number of ether oxygens (including phenoxy) is 1. The number of carbonyl (C=O) groups excluding carboxylic acids is 2. The van der Waals surface area contributed by atoms with Crippen LogP contribution in [0, 0.1) is 11.8 Å². The lowest BCUT2D eigenvalue weighted by Crippen LogP contribution is -2.48. The average molecular weight is 522 g/mol. The minimum Gasteiger partial charge on any atom is -0.461 e. The molecule has 1 amide bonds. The zero-order chi connectivity index (χ0) is 25.2. The van der Waals surface area contributed by atoms with Crippen molar-refractivity contribution in [2.75, 3.05) is 25.0 Å². The lowest BCUT2D eigenvalue weighted by atomic mass is 9.68. The quantitative estimate of drug-likeness (QED) is 0.328. The van der Waals surface area contributed by atoms with E-state index in [4.69, 9.17) is 9.26 Å². The molecular weight excluding hydrogens is 486 g/mol. The smallest absolute Gasteiger partial charge is 0.317 e. The second-order valence-electron chi connectivity index (χ2n) is 11.0. The Bertz CT molecular complexity index is 1230. The molecule has 3 heterocycles. The maximum atomic E-state index is 13.7. The van der Waals surface area contributed by atoms with E-state index in [1.807, 2.05) is 24.3 Å². The number of carbonyl (C=O) groups is 2. The number of fused-ring (bicyclic) bond motifs is 2. The van der Waals surface area contributed by atoms with Crippen molar-refractivity contribution in [2.24, 2.45) is 11.8 Å². The molecule has 37 heavy (non-hydrogen) atoms. The number of thiophene rings is 1. The van der Waals surface area contributed by atoms with Crippen molar-refractivity contribution < 1.29 is 18.8 Å². The highest BCUT2D eigenvalue weighted by Crippen LogP contribution is 2.47. The van der Waals surface area contributed by atoms with E-state index in [0.717, 1.165) is 63.4 Å². The zero-order valence-electron chi connectivity index (χ0n) is 21.2. The van der Waals surface area contributed by atoms with Crippen LogP contribution in [0.25, 0.3) is 11.0 Å². The molecule has 1 aromatic carbocycles. The van der Waals surface area contributed by atoms with E-state index in [0.29, 0.717) is 29.8 Å². The molecule has 0 bridgehead atoms. The predicted molar refractivity (Wildman–Crippen MR) is 143 cm³/mol. The molecule has 8 heteroatoms. The standard InChI is InChI=1S/C29H35N3O4S/c33-26(30-27-22-8-3-4-9-23(22)36-31-27)19-32-15-11-20-18-24(21(20)12-16-32)35-28(34)29(25-10-7-17-37-25)13-5-1-2-6-14-29/h3-4,7-10,17,20-21,24H,1-2,5-6,11-16,18-19H2,(H,30,31,33)/t20?,21?,24-/m0/s1. The molecule has 3 aliphatic rings. The lowest BCUT2D eigenvalue weighted by Gasteiger charge is -2.44. The first kappa shape index (κ1) is 24.6. The summed E-state index contributed by atoms with van der Waals surface area (Å²) in [6.07, 6.45) is 9.32. The summed E-state index contributed by atoms with van der Waals surface area (Å²) in [5.74, 6) is 1.35. The zero-order valence-corrected chi connectivity index (χ0v) is 22.0. The van der Waals surface area contributed by atoms with Gasteiger partial charge in [-0.15, -0.1) is 11.3 Å². The first-order chi connectivity index (χ1) is 18.1. The third-order valence-corrected chi connectivity index (χ3v) is 9.89. The van der Waals surface area contributed by atoms with Gasteiger partial charge in [0.15, 0.2) is 11.4 Å². The lowest BCUT2D eigenvalue weighted by molar-refractivity contribution is -0.171. The number of nitrogens with zero attached hydrogens (tertiary/aromatic N) is 2. The maximum Gasteiger partial charge on any atom is 0.317 e. The number of likely N-dealkylation sites (tertiary alicyclic amines) is 1. The molecule has 1 saturated heterocycles. The van der Waals surface area contributed by atoms with Gasteiger partial charge in [-0.25, -0.2) is 0 Å². The number of benzene rings is 1. The van der Waals surface area contributed by atoms with Crippen molar-refractivity contribution in [3.05, 3.63) is 46.7 Å². The number of para-hydroxylation sites is 1. The Labute approximate surface area is 221 Å². The van der Waals surface area contributed by atoms with Gasteiger partial charge in [-0.05, 0) is 74.7 Å². The van der Waals surface area contributed by atoms with Gasteiger partial charge in [-0.1, -0.05) is 49.0 Å². The molecule has 7 nitrogen and oxygen atoms in total. The molecular formula is C29H35N3O4S. The minimum atomic E-state index is -0.462. The van der Waals surface area contributed by atoms with E-state index in [1.165, 1.54) is 17.7 Å². The number of aromatic nitrogens is 1. The summed E-state index contributed by atoms with van der Waals surface area (Å²) < 4.78 is 11.6. The van der Waals surface area contributed by atoms with E-state index < -0.39 is 5.41 Å². The first-order valence-corrected chi connectivity index (χ1v) is 14.6. The highest BCUT2D eigenvalue weighted by molar-refractivity contribution is 7.10. The average Bonchev–Trinajstić information content (AvgIpc) is 3.46. The fraction of sp³-hybridized carbons (Fsp3) is 0.552. The van der Waals surface area contributed by atoms with E-state index in [2.05, 4.69) is 32.9 Å². The highest BCUT2D eigenvalue weighted by Gasteiger charge is 2.49. The van der Waals surface area contributed by atoms with Crippen LogP contribution < -0.4 is 5.32 Å². The van der Waals surface area contributed by atoms with Crippen molar-refractivity contribution in [1.29, 1.82) is 0 Å². The van der Waals surface area contributed by atoms with Gasteiger partial charge in [0, 0.05) is 10.8 Å². The Hall–Kier alpha value is -2.71. The molecule has 2 aliphatic carbocycles. The summed E-state index contributed by atoms with van der Waals surface area (Å²) in [7, 11) is 0. The van der Waals surface area contributed by atoms with Crippen molar-refractivity contribution in [1.82, 2.24) is 10.1 Å². The van der Waals surface area contributed by atoms with E-state index in [1.54, 1.807) is 11.3 Å². The SMILES string of the molecule is O=C(CN1CCC2C[C@H](OC(=O)C3(c4cccs4)CCCCCC3)C2CC1)Nc1noc2ccccc12. The van der Waals surface area contributed by atoms with Gasteiger partial charge in [0.05, 0.1) is 11.9 Å². The summed E-state index contributed by atoms with van der Waals surface area (Å²) in [5, 5.41) is 9.81. The van der Waals surface area contributed by atoms with Gasteiger partial charge < -0.3 is 14.6 Å². The van der Waals surface area contributed by atoms with Crippen LogP contribution in [0.1, 0.15) is 62.7 Å². The third kappa shape index (κ3) is 4.93. The summed E-state index contributed by atoms with van der Waals surface area (Å²) in [6.45, 7) is 2.04. The number of nitrogens with one attached hydrogen (secondary N) is 1. The summed E-state index contributed by atoms with van der Waals surface area (Å²) in [5.41, 5.74) is 0.199. The Morgan fingerprint density at radius 2 is 1.89 bits per heavy atom. The third-order valence-electron chi connectivity index (χ3n) is 8.81. The normalized spacial score (nSPS) is 25.9. The number of anilines is 1. The first-order valence-electron chi connectivity index (χ1n) is 13.7. The summed E-state index contributed by atoms with van der Waals surface area (Å²) in [4.78, 5) is 29.9. The van der Waals surface area contributed by atoms with E-state index in [9.17, 15) is 9.59 Å². The van der Waals surface area contributed by atoms with Gasteiger partial charge in [0.1, 0.15) is 11.5 Å². The predicted octanol–water partition coefficient (Wildman–Crippen LogP) is 5.76. The van der Waals surface area contributed by atoms with Crippen molar-refractivity contribution >= 4 is 40.0 Å². The highest BCUT2D eigenvalue weighted by atomic mass is 32.1. The number of rotatable bonds is 6. The Balaban J connectivity index is 1.05. The molecule has 196 valence electrons. The molecule has 1 N–H and O–H groups in total. The fourth-order valence-corrected chi connectivity index (χ4v) is 7.60. The van der Waals surface area contributed by atoms with Crippen molar-refractivity contribution in [3.8, 4) is 0 Å². The number of esters is 1. The van der Waals surface area contributed by atoms with Gasteiger partial charge in [-0.3, -0.25) is 14.5 Å². The molecule has 3 atom stereocenters. The maximum absolute atomic E-state index is 13.7. The molecule has 2 unspecified atom stereocenters. The number of hydrogen-bond acceptors (Lipinski definition) is 7. The van der Waals surface area contributed by atoms with Crippen LogP contribution in [0.4, 0.5) is 5.82 Å². The van der Waals surface area contributed by atoms with Crippen LogP contribution >= 0.6 is 11.3 Å². The van der Waals surface area contributed by atoms with Gasteiger partial charge in [0.2, 0.25) is 5.91 Å². The number of hydrogen-bond donors (Lipinski definition) is 1. The second kappa shape index (κ2) is 10.6. The minimum absolute atomic E-state index is 0.000574. The van der Waals surface area contributed by atoms with Crippen molar-refractivity contribution in [3.63, 3.8) is 0 Å². The molecule has 2 saturated carbocycles. The molecule has 6 rings (SSSR count). The van der Waals surface area contributed by atoms with E-state index >= 15 is 0 Å². The summed E-state index contributed by atoms with van der Waals surface area (Å²) >= 11 is 1.70. The van der Waals surface area contributed by atoms with Crippen LogP contribution in [-0.4, -0.2) is 47.7 Å². The van der Waals surface area contributed by atoms with Crippen LogP contribution in [0.15, 0.2) is 46.3 Å². The van der Waals surface area contributed by atoms with Gasteiger partial charge in [-0.2, -0.15) is 0 Å². The second-order valence-corrected chi connectivity index (χ2v) is 12.0. The molecule has 3 aromatic rings. The molecule has 0 spiro atoms. The molecule has 1 aliphatic heterocycles. The molecule has 0 radical (unpaired) electrons. The Morgan fingerprint density at radius 3 is 2.70 bits per heavy atom. The Kier molecular flexibility index (Phi) is 7.04. The van der Waals surface area contributed by atoms with E-state index in [-0.39, 0.29) is 18.0 Å². The topological polar surface area (TPSA) is 84.7 Å². The van der Waals surface area contributed by atoms with Crippen LogP contribution in [0.5, 0.6) is 0 Å². The van der Waals surface area contributed by atoms with Gasteiger partial charge in [0.25, 0.3) is 0 Å².